The van der Waals surface area contributed by atoms with Crippen molar-refractivity contribution in [2.24, 2.45) is 5.41 Å². The van der Waals surface area contributed by atoms with Gasteiger partial charge in [0.1, 0.15) is 0 Å². The van der Waals surface area contributed by atoms with Crippen LogP contribution in [0.15, 0.2) is 41.1 Å². The number of fused-ring (bicyclic) bond motifs is 6. The average Bonchev–Trinajstić information content (AvgIpc) is 4.10. The summed E-state index contributed by atoms with van der Waals surface area (Å²) in [6, 6.07) is 12.4. The van der Waals surface area contributed by atoms with Crippen LogP contribution in [0.3, 0.4) is 0 Å². The summed E-state index contributed by atoms with van der Waals surface area (Å²) in [6.07, 6.45) is 31.4. The Labute approximate surface area is 383 Å². The van der Waals surface area contributed by atoms with E-state index in [1.54, 1.807) is 0 Å². The second-order valence-corrected chi connectivity index (χ2v) is 23.7. The molecule has 0 spiro atoms. The lowest BCUT2D eigenvalue weighted by Crippen LogP contribution is -2.45. The second kappa shape index (κ2) is 22.9. The summed E-state index contributed by atoms with van der Waals surface area (Å²) in [5, 5.41) is 8.87. The average molecular weight is 904 g/mol. The van der Waals surface area contributed by atoms with Gasteiger partial charge in [-0.05, 0) is 84.3 Å². The Hall–Kier alpha value is -1.58. The molecular formula is C53H74O2S5. The van der Waals surface area contributed by atoms with Crippen LogP contribution in [0, 0.1) is 5.41 Å². The fraction of sp³-hybridized carbons (Fsp3) is 0.623. The molecule has 1 aliphatic rings. The van der Waals surface area contributed by atoms with Crippen LogP contribution in [0.4, 0.5) is 0 Å². The zero-order valence-corrected chi connectivity index (χ0v) is 41.9. The molecule has 1 fully saturated rings. The number of rotatable bonds is 27. The first-order valence-electron chi connectivity index (χ1n) is 24.2. The van der Waals surface area contributed by atoms with Crippen molar-refractivity contribution in [3.05, 3.63) is 57.1 Å². The topological polar surface area (TPSA) is 18.5 Å². The molecule has 0 atom stereocenters. The van der Waals surface area contributed by atoms with Gasteiger partial charge in [0.25, 0.3) is 0 Å². The number of unbranched alkanes of at least 4 members (excludes halogenated alkanes) is 18. The lowest BCUT2D eigenvalue weighted by molar-refractivity contribution is -0.309. The molecule has 0 radical (unpaired) electrons. The fourth-order valence-electron chi connectivity index (χ4n) is 9.17. The van der Waals surface area contributed by atoms with E-state index >= 15 is 0 Å². The van der Waals surface area contributed by atoms with E-state index in [1.165, 1.54) is 207 Å². The van der Waals surface area contributed by atoms with Gasteiger partial charge in [-0.15, -0.1) is 56.7 Å². The summed E-state index contributed by atoms with van der Waals surface area (Å²) in [6.45, 7) is 13.0. The van der Waals surface area contributed by atoms with Crippen LogP contribution in [-0.2, 0) is 28.1 Å². The molecule has 7 rings (SSSR count). The highest BCUT2D eigenvalue weighted by atomic mass is 32.1. The summed E-state index contributed by atoms with van der Waals surface area (Å²) < 4.78 is 18.3. The molecule has 5 aromatic heterocycles. The van der Waals surface area contributed by atoms with Crippen molar-refractivity contribution in [2.45, 2.75) is 195 Å². The zero-order chi connectivity index (χ0) is 41.8. The van der Waals surface area contributed by atoms with Crippen LogP contribution in [0.25, 0.3) is 49.8 Å². The summed E-state index contributed by atoms with van der Waals surface area (Å²) >= 11 is 9.90. The van der Waals surface area contributed by atoms with Gasteiger partial charge in [-0.25, -0.2) is 0 Å². The van der Waals surface area contributed by atoms with E-state index in [4.69, 9.17) is 9.47 Å². The first kappa shape index (κ1) is 46.4. The quantitative estimate of drug-likeness (QED) is 0.0480. The molecule has 2 nitrogen and oxygen atoms in total. The highest BCUT2D eigenvalue weighted by Crippen LogP contribution is 2.53. The van der Waals surface area contributed by atoms with Gasteiger partial charge < -0.3 is 9.47 Å². The van der Waals surface area contributed by atoms with Crippen LogP contribution < -0.4 is 0 Å². The third-order valence-corrected chi connectivity index (χ3v) is 18.9. The molecule has 1 aromatic carbocycles. The SMILES string of the molecule is CCCCCCCCCCCCCCCC1(c2cc3c4cc(-c5sccc5CCCCCC)sc4c4sc(-c5sccc5CCCCCC)cc4c3s2)OCC(C)(C)CO1. The third-order valence-electron chi connectivity index (χ3n) is 12.9. The summed E-state index contributed by atoms with van der Waals surface area (Å²) in [4.78, 5) is 7.10. The summed E-state index contributed by atoms with van der Waals surface area (Å²) in [5.41, 5.74) is 3.08. The third kappa shape index (κ3) is 11.6. The molecule has 328 valence electrons. The molecule has 0 N–H and O–H groups in total. The summed E-state index contributed by atoms with van der Waals surface area (Å²) in [5.74, 6) is -0.674. The maximum atomic E-state index is 6.99. The van der Waals surface area contributed by atoms with Crippen molar-refractivity contribution < 1.29 is 9.47 Å². The normalized spacial score (nSPS) is 15.3. The molecular weight excluding hydrogens is 829 g/mol. The Bertz CT molecular complexity index is 2060. The van der Waals surface area contributed by atoms with Crippen molar-refractivity contribution in [1.29, 1.82) is 0 Å². The van der Waals surface area contributed by atoms with Crippen LogP contribution in [0.1, 0.15) is 192 Å². The van der Waals surface area contributed by atoms with Crippen LogP contribution in [-0.4, -0.2) is 13.2 Å². The number of thiophene rings is 5. The first-order valence-corrected chi connectivity index (χ1v) is 28.4. The van der Waals surface area contributed by atoms with E-state index in [0.717, 1.165) is 26.1 Å². The predicted molar refractivity (Wildman–Crippen MR) is 273 cm³/mol. The second-order valence-electron chi connectivity index (χ2n) is 18.7. The highest BCUT2D eigenvalue weighted by molar-refractivity contribution is 7.33. The van der Waals surface area contributed by atoms with Gasteiger partial charge in [-0.1, -0.05) is 150 Å². The molecule has 7 heteroatoms. The van der Waals surface area contributed by atoms with Crippen molar-refractivity contribution >= 4 is 86.9 Å². The van der Waals surface area contributed by atoms with Gasteiger partial charge in [0, 0.05) is 52.2 Å². The van der Waals surface area contributed by atoms with Crippen LogP contribution in [0.2, 0.25) is 0 Å². The smallest absolute Gasteiger partial charge is 0.204 e. The van der Waals surface area contributed by atoms with Crippen molar-refractivity contribution in [1.82, 2.24) is 0 Å². The minimum atomic E-state index is -0.674. The molecule has 0 bridgehead atoms. The van der Waals surface area contributed by atoms with Crippen molar-refractivity contribution in [3.63, 3.8) is 0 Å². The zero-order valence-electron chi connectivity index (χ0n) is 37.8. The van der Waals surface area contributed by atoms with E-state index in [0.29, 0.717) is 0 Å². The minimum Gasteiger partial charge on any atom is -0.345 e. The largest absolute Gasteiger partial charge is 0.345 e. The monoisotopic (exact) mass is 902 g/mol. The molecule has 6 aromatic rings. The number of benzene rings is 1. The number of hydrogen-bond donors (Lipinski definition) is 0. The van der Waals surface area contributed by atoms with Crippen molar-refractivity contribution in [3.8, 4) is 19.5 Å². The molecule has 0 saturated carbocycles. The highest BCUT2D eigenvalue weighted by Gasteiger charge is 2.43. The van der Waals surface area contributed by atoms with E-state index in [9.17, 15) is 0 Å². The van der Waals surface area contributed by atoms with Gasteiger partial charge in [-0.2, -0.15) is 0 Å². The van der Waals surface area contributed by atoms with Gasteiger partial charge in [0.05, 0.1) is 27.5 Å². The van der Waals surface area contributed by atoms with E-state index in [2.05, 4.69) is 75.7 Å². The maximum absolute atomic E-state index is 6.99. The molecule has 60 heavy (non-hydrogen) atoms. The first-order chi connectivity index (χ1) is 29.4. The van der Waals surface area contributed by atoms with E-state index in [-0.39, 0.29) is 5.41 Å². The molecule has 6 heterocycles. The molecule has 0 aliphatic carbocycles. The number of ether oxygens (including phenoxy) is 2. The lowest BCUT2D eigenvalue weighted by atomic mass is 9.93. The van der Waals surface area contributed by atoms with Gasteiger partial charge in [0.15, 0.2) is 0 Å². The Kier molecular flexibility index (Phi) is 17.7. The number of aryl methyl sites for hydroxylation is 2. The molecule has 0 amide bonds. The molecule has 0 unspecified atom stereocenters. The Morgan fingerprint density at radius 3 is 1.43 bits per heavy atom. The van der Waals surface area contributed by atoms with E-state index in [1.807, 2.05) is 56.7 Å². The van der Waals surface area contributed by atoms with Gasteiger partial charge >= 0.3 is 0 Å². The Morgan fingerprint density at radius 2 is 0.917 bits per heavy atom. The predicted octanol–water partition coefficient (Wildman–Crippen LogP) is 19.7. The summed E-state index contributed by atoms with van der Waals surface area (Å²) in [7, 11) is 0. The Balaban J connectivity index is 1.18. The number of hydrogen-bond acceptors (Lipinski definition) is 7. The fourth-order valence-corrected chi connectivity index (χ4v) is 15.3. The van der Waals surface area contributed by atoms with Crippen LogP contribution >= 0.6 is 56.7 Å². The Morgan fingerprint density at radius 1 is 0.483 bits per heavy atom. The standard InChI is InChI=1S/C53H74O2S5/c1-6-9-12-15-16-17-18-19-20-21-22-23-26-31-53(54-37-52(4,5)38-55-53)46-36-42-41-34-44(47-39(29-32-56-47)27-24-13-10-7-2)58-50(41)51-43(49(42)60-46)35-45(59-51)48-40(30-33-57-48)28-25-14-11-8-3/h29-30,32-36H,6-28,31,37-38H2,1-5H3. The van der Waals surface area contributed by atoms with Gasteiger partial charge in [0.2, 0.25) is 5.79 Å². The minimum absolute atomic E-state index is 0.0190. The lowest BCUT2D eigenvalue weighted by Gasteiger charge is -2.43. The molecule has 1 saturated heterocycles. The van der Waals surface area contributed by atoms with E-state index < -0.39 is 5.79 Å². The van der Waals surface area contributed by atoms with Gasteiger partial charge in [-0.3, -0.25) is 0 Å². The molecule has 1 aliphatic heterocycles. The van der Waals surface area contributed by atoms with Crippen molar-refractivity contribution in [2.75, 3.05) is 13.2 Å². The maximum Gasteiger partial charge on any atom is 0.204 e. The van der Waals surface area contributed by atoms with Crippen LogP contribution in [0.5, 0.6) is 0 Å².